The van der Waals surface area contributed by atoms with Gasteiger partial charge in [-0.15, -0.1) is 0 Å². The van der Waals surface area contributed by atoms with Crippen LogP contribution in [0.3, 0.4) is 0 Å². The molecule has 0 amide bonds. The molecule has 0 N–H and O–H groups in total. The van der Waals surface area contributed by atoms with E-state index in [-0.39, 0.29) is 0 Å². The molecule has 2 aromatic carbocycles. The lowest BCUT2D eigenvalue weighted by Crippen LogP contribution is -2.06. The topological polar surface area (TPSA) is 39.9 Å². The second-order valence-corrected chi connectivity index (χ2v) is 7.08. The van der Waals surface area contributed by atoms with Gasteiger partial charge in [-0.25, -0.2) is 9.97 Å². The highest BCUT2D eigenvalue weighted by Gasteiger charge is 2.13. The van der Waals surface area contributed by atoms with Gasteiger partial charge in [-0.1, -0.05) is 49.4 Å². The van der Waals surface area contributed by atoms with Gasteiger partial charge in [-0.2, -0.15) is 0 Å². The van der Waals surface area contributed by atoms with Crippen LogP contribution in [-0.4, -0.2) is 14.5 Å². The zero-order chi connectivity index (χ0) is 19.3. The third-order valence-corrected chi connectivity index (χ3v) is 4.90. The number of ether oxygens (including phenoxy) is 1. The molecule has 0 spiro atoms. The molecule has 0 unspecified atom stereocenters. The van der Waals surface area contributed by atoms with E-state index in [2.05, 4.69) is 47.7 Å². The Morgan fingerprint density at radius 3 is 2.46 bits per heavy atom. The van der Waals surface area contributed by atoms with Crippen molar-refractivity contribution in [2.45, 2.75) is 39.8 Å². The van der Waals surface area contributed by atoms with Crippen molar-refractivity contribution in [2.75, 3.05) is 0 Å². The standard InChI is InChI=1S/C24H25N3O/c1-3-7-22-26-23-18(2)14-15-25-24(23)27(22)16-19-10-12-21(13-11-19)28-17-20-8-5-4-6-9-20/h4-6,8-15H,3,7,16-17H2,1-2H3. The number of imidazole rings is 1. The van der Waals surface area contributed by atoms with Gasteiger partial charge in [0.2, 0.25) is 0 Å². The van der Waals surface area contributed by atoms with Gasteiger partial charge in [0, 0.05) is 12.6 Å². The van der Waals surface area contributed by atoms with E-state index in [9.17, 15) is 0 Å². The van der Waals surface area contributed by atoms with Crippen LogP contribution in [0.1, 0.15) is 35.9 Å². The first-order valence-electron chi connectivity index (χ1n) is 9.81. The molecule has 4 rings (SSSR count). The van der Waals surface area contributed by atoms with Crippen molar-refractivity contribution in [3.8, 4) is 5.75 Å². The predicted octanol–water partition coefficient (Wildman–Crippen LogP) is 5.32. The molecular formula is C24H25N3O. The Balaban J connectivity index is 1.53. The summed E-state index contributed by atoms with van der Waals surface area (Å²) in [7, 11) is 0. The van der Waals surface area contributed by atoms with Gasteiger partial charge in [-0.3, -0.25) is 0 Å². The molecule has 0 bridgehead atoms. The molecule has 4 heteroatoms. The predicted molar refractivity (Wildman–Crippen MR) is 113 cm³/mol. The van der Waals surface area contributed by atoms with Crippen molar-refractivity contribution in [2.24, 2.45) is 0 Å². The number of fused-ring (bicyclic) bond motifs is 1. The minimum atomic E-state index is 0.580. The van der Waals surface area contributed by atoms with Gasteiger partial charge < -0.3 is 9.30 Å². The zero-order valence-corrected chi connectivity index (χ0v) is 16.4. The van der Waals surface area contributed by atoms with E-state index in [1.165, 1.54) is 16.7 Å². The number of nitrogens with zero attached hydrogens (tertiary/aromatic N) is 3. The third kappa shape index (κ3) is 3.91. The van der Waals surface area contributed by atoms with Crippen LogP contribution >= 0.6 is 0 Å². The highest BCUT2D eigenvalue weighted by atomic mass is 16.5. The molecule has 0 saturated heterocycles. The van der Waals surface area contributed by atoms with Crippen LogP contribution in [0.4, 0.5) is 0 Å². The normalized spacial score (nSPS) is 11.1. The molecule has 0 aliphatic carbocycles. The summed E-state index contributed by atoms with van der Waals surface area (Å²) < 4.78 is 8.14. The van der Waals surface area contributed by atoms with Crippen molar-refractivity contribution >= 4 is 11.2 Å². The summed E-state index contributed by atoms with van der Waals surface area (Å²) in [6.45, 7) is 5.62. The fourth-order valence-electron chi connectivity index (χ4n) is 3.38. The lowest BCUT2D eigenvalue weighted by molar-refractivity contribution is 0.306. The summed E-state index contributed by atoms with van der Waals surface area (Å²) in [4.78, 5) is 9.45. The smallest absolute Gasteiger partial charge is 0.160 e. The van der Waals surface area contributed by atoms with Crippen molar-refractivity contribution in [1.29, 1.82) is 0 Å². The fourth-order valence-corrected chi connectivity index (χ4v) is 3.38. The van der Waals surface area contributed by atoms with Crippen LogP contribution in [0.25, 0.3) is 11.2 Å². The number of hydrogen-bond donors (Lipinski definition) is 0. The van der Waals surface area contributed by atoms with E-state index in [0.29, 0.717) is 6.61 Å². The second-order valence-electron chi connectivity index (χ2n) is 7.08. The van der Waals surface area contributed by atoms with Gasteiger partial charge in [0.05, 0.1) is 6.54 Å². The molecule has 0 atom stereocenters. The highest BCUT2D eigenvalue weighted by molar-refractivity contribution is 5.75. The Bertz CT molecular complexity index is 1050. The Kier molecular flexibility index (Phi) is 5.38. The molecule has 0 aliphatic rings. The monoisotopic (exact) mass is 371 g/mol. The molecular weight excluding hydrogens is 346 g/mol. The lowest BCUT2D eigenvalue weighted by Gasteiger charge is -2.10. The minimum absolute atomic E-state index is 0.580. The number of pyridine rings is 1. The Morgan fingerprint density at radius 2 is 1.71 bits per heavy atom. The third-order valence-electron chi connectivity index (χ3n) is 4.90. The van der Waals surface area contributed by atoms with Gasteiger partial charge in [0.1, 0.15) is 23.7 Å². The number of benzene rings is 2. The fraction of sp³-hybridized carbons (Fsp3) is 0.250. The molecule has 28 heavy (non-hydrogen) atoms. The Morgan fingerprint density at radius 1 is 0.929 bits per heavy atom. The van der Waals surface area contributed by atoms with Crippen LogP contribution in [0, 0.1) is 6.92 Å². The van der Waals surface area contributed by atoms with E-state index in [1.54, 1.807) is 0 Å². The van der Waals surface area contributed by atoms with Gasteiger partial charge in [0.15, 0.2) is 5.65 Å². The summed E-state index contributed by atoms with van der Waals surface area (Å²) in [5.74, 6) is 1.98. The number of hydrogen-bond acceptors (Lipinski definition) is 3. The van der Waals surface area contributed by atoms with Crippen molar-refractivity contribution in [1.82, 2.24) is 14.5 Å². The average Bonchev–Trinajstić information content (AvgIpc) is 3.07. The summed E-state index contributed by atoms with van der Waals surface area (Å²) in [5.41, 5.74) is 5.53. The zero-order valence-electron chi connectivity index (χ0n) is 16.4. The molecule has 4 nitrogen and oxygen atoms in total. The van der Waals surface area contributed by atoms with E-state index >= 15 is 0 Å². The van der Waals surface area contributed by atoms with E-state index in [1.807, 2.05) is 42.6 Å². The Labute approximate surface area is 165 Å². The van der Waals surface area contributed by atoms with Crippen LogP contribution in [0.5, 0.6) is 5.75 Å². The van der Waals surface area contributed by atoms with E-state index < -0.39 is 0 Å². The number of aromatic nitrogens is 3. The second kappa shape index (κ2) is 8.26. The molecule has 142 valence electrons. The van der Waals surface area contributed by atoms with Crippen molar-refractivity contribution in [3.63, 3.8) is 0 Å². The number of rotatable bonds is 7. The first kappa shape index (κ1) is 18.2. The average molecular weight is 371 g/mol. The van der Waals surface area contributed by atoms with Crippen LogP contribution in [0.2, 0.25) is 0 Å². The molecule has 4 aromatic rings. The first-order valence-corrected chi connectivity index (χ1v) is 9.81. The van der Waals surface area contributed by atoms with Crippen LogP contribution in [0.15, 0.2) is 66.9 Å². The highest BCUT2D eigenvalue weighted by Crippen LogP contribution is 2.21. The van der Waals surface area contributed by atoms with Crippen LogP contribution in [-0.2, 0) is 19.6 Å². The van der Waals surface area contributed by atoms with Gasteiger partial charge in [0.25, 0.3) is 0 Å². The van der Waals surface area contributed by atoms with Gasteiger partial charge in [-0.05, 0) is 48.2 Å². The first-order chi connectivity index (χ1) is 13.7. The summed E-state index contributed by atoms with van der Waals surface area (Å²) in [6, 6.07) is 20.6. The minimum Gasteiger partial charge on any atom is -0.489 e. The lowest BCUT2D eigenvalue weighted by atomic mass is 10.2. The van der Waals surface area contributed by atoms with Crippen molar-refractivity contribution < 1.29 is 4.74 Å². The van der Waals surface area contributed by atoms with Gasteiger partial charge >= 0.3 is 0 Å². The Hall–Kier alpha value is -3.14. The summed E-state index contributed by atoms with van der Waals surface area (Å²) in [6.07, 6.45) is 3.88. The summed E-state index contributed by atoms with van der Waals surface area (Å²) in [5, 5.41) is 0. The van der Waals surface area contributed by atoms with Crippen LogP contribution < -0.4 is 4.74 Å². The maximum atomic E-state index is 5.90. The SMILES string of the molecule is CCCc1nc2c(C)ccnc2n1Cc1ccc(OCc2ccccc2)cc1. The molecule has 0 fully saturated rings. The molecule has 0 aliphatic heterocycles. The molecule has 0 saturated carbocycles. The van der Waals surface area contributed by atoms with E-state index in [0.717, 1.165) is 42.1 Å². The molecule has 0 radical (unpaired) electrons. The maximum absolute atomic E-state index is 5.90. The maximum Gasteiger partial charge on any atom is 0.160 e. The summed E-state index contributed by atoms with van der Waals surface area (Å²) >= 11 is 0. The molecule has 2 aromatic heterocycles. The van der Waals surface area contributed by atoms with E-state index in [4.69, 9.17) is 9.72 Å². The molecule has 2 heterocycles. The quantitative estimate of drug-likeness (QED) is 0.441. The van der Waals surface area contributed by atoms with Crippen molar-refractivity contribution in [3.05, 3.63) is 89.4 Å². The number of aryl methyl sites for hydroxylation is 2. The largest absolute Gasteiger partial charge is 0.489 e.